The minimum Gasteiger partial charge on any atom is -0.434 e. The summed E-state index contributed by atoms with van der Waals surface area (Å²) in [4.78, 5) is 21.6. The van der Waals surface area contributed by atoms with Gasteiger partial charge in [0.15, 0.2) is 5.82 Å². The molecule has 1 aliphatic carbocycles. The van der Waals surface area contributed by atoms with Crippen molar-refractivity contribution in [2.75, 3.05) is 0 Å². The SMILES string of the molecule is Cn1c(=O)c2ccc(-c3cnc(C(C)(C)O)nc3)cc2n1Cc1cc([C@@H]2CCC[C@@H]2C#N)ccc1OC(F)F. The molecule has 2 aromatic heterocycles. The van der Waals surface area contributed by atoms with Crippen LogP contribution in [0.3, 0.4) is 0 Å². The highest BCUT2D eigenvalue weighted by Crippen LogP contribution is 2.40. The average molecular weight is 534 g/mol. The van der Waals surface area contributed by atoms with Gasteiger partial charge in [-0.2, -0.15) is 14.0 Å². The molecular formula is C29H29F2N5O3. The molecule has 1 aliphatic rings. The lowest BCUT2D eigenvalue weighted by Gasteiger charge is -2.19. The van der Waals surface area contributed by atoms with Gasteiger partial charge in [-0.3, -0.25) is 14.2 Å². The van der Waals surface area contributed by atoms with Crippen molar-refractivity contribution in [1.82, 2.24) is 19.3 Å². The molecule has 2 aromatic carbocycles. The number of alkyl halides is 2. The van der Waals surface area contributed by atoms with Gasteiger partial charge in [0.25, 0.3) is 5.56 Å². The van der Waals surface area contributed by atoms with Crippen molar-refractivity contribution in [2.24, 2.45) is 13.0 Å². The van der Waals surface area contributed by atoms with Gasteiger partial charge in [-0.05, 0) is 68.0 Å². The maximum Gasteiger partial charge on any atom is 0.387 e. The Morgan fingerprint density at radius 2 is 1.90 bits per heavy atom. The number of aliphatic hydroxyl groups is 1. The predicted octanol–water partition coefficient (Wildman–Crippen LogP) is 5.08. The molecule has 8 nitrogen and oxygen atoms in total. The molecule has 0 aliphatic heterocycles. The zero-order valence-corrected chi connectivity index (χ0v) is 21.9. The van der Waals surface area contributed by atoms with Gasteiger partial charge >= 0.3 is 6.61 Å². The number of ether oxygens (including phenoxy) is 1. The molecule has 0 bridgehead atoms. The van der Waals surface area contributed by atoms with Crippen molar-refractivity contribution < 1.29 is 18.6 Å². The van der Waals surface area contributed by atoms with E-state index in [-0.39, 0.29) is 35.5 Å². The number of rotatable bonds is 7. The fourth-order valence-corrected chi connectivity index (χ4v) is 5.37. The maximum absolute atomic E-state index is 13.3. The lowest BCUT2D eigenvalue weighted by atomic mass is 9.89. The van der Waals surface area contributed by atoms with E-state index in [1.165, 1.54) is 10.7 Å². The lowest BCUT2D eigenvalue weighted by molar-refractivity contribution is -0.0505. The van der Waals surface area contributed by atoms with Crippen LogP contribution in [0.15, 0.2) is 53.6 Å². The van der Waals surface area contributed by atoms with Gasteiger partial charge in [0, 0.05) is 30.6 Å². The van der Waals surface area contributed by atoms with E-state index in [1.807, 2.05) is 12.1 Å². The Labute approximate surface area is 224 Å². The molecule has 0 spiro atoms. The van der Waals surface area contributed by atoms with Crippen molar-refractivity contribution in [3.63, 3.8) is 0 Å². The molecule has 5 rings (SSSR count). The van der Waals surface area contributed by atoms with Gasteiger partial charge in [0.05, 0.1) is 29.4 Å². The van der Waals surface area contributed by atoms with Crippen LogP contribution in [0.4, 0.5) is 8.78 Å². The number of hydrogen-bond acceptors (Lipinski definition) is 6. The number of nitrogens with zero attached hydrogens (tertiary/aromatic N) is 5. The molecule has 0 radical (unpaired) electrons. The number of hydrogen-bond donors (Lipinski definition) is 1. The molecular weight excluding hydrogens is 504 g/mol. The molecule has 0 unspecified atom stereocenters. The van der Waals surface area contributed by atoms with Gasteiger partial charge < -0.3 is 9.84 Å². The maximum atomic E-state index is 13.3. The topological polar surface area (TPSA) is 106 Å². The molecule has 2 atom stereocenters. The third-order valence-corrected chi connectivity index (χ3v) is 7.43. The standard InChI is InChI=1S/C29H29F2N5O3/c1-29(2,38)27-33-14-21(15-34-27)17-7-9-23-24(12-17)36(35(3)26(23)37)16-20-11-18(8-10-25(20)39-28(30)31)22-6-4-5-19(22)13-32/h7-12,14-15,19,22,28,38H,4-6,16H2,1-3H3/t19-,22+/m1/s1. The molecule has 202 valence electrons. The number of nitriles is 1. The molecule has 39 heavy (non-hydrogen) atoms. The van der Waals surface area contributed by atoms with Crippen molar-refractivity contribution in [1.29, 1.82) is 5.26 Å². The minimum atomic E-state index is -3.00. The van der Waals surface area contributed by atoms with Crippen LogP contribution in [0.25, 0.3) is 22.0 Å². The van der Waals surface area contributed by atoms with Crippen molar-refractivity contribution in [2.45, 2.75) is 57.8 Å². The molecule has 1 N–H and O–H groups in total. The summed E-state index contributed by atoms with van der Waals surface area (Å²) in [5.74, 6) is 0.222. The highest BCUT2D eigenvalue weighted by molar-refractivity contribution is 5.84. The van der Waals surface area contributed by atoms with E-state index in [4.69, 9.17) is 4.74 Å². The lowest BCUT2D eigenvalue weighted by Crippen LogP contribution is -2.20. The minimum absolute atomic E-state index is 0.0260. The third kappa shape index (κ3) is 5.14. The summed E-state index contributed by atoms with van der Waals surface area (Å²) >= 11 is 0. The highest BCUT2D eigenvalue weighted by atomic mass is 19.3. The van der Waals surface area contributed by atoms with E-state index in [0.29, 0.717) is 22.0 Å². The normalized spacial score (nSPS) is 17.6. The number of fused-ring (bicyclic) bond motifs is 1. The van der Waals surface area contributed by atoms with Crippen LogP contribution in [0.5, 0.6) is 5.75 Å². The van der Waals surface area contributed by atoms with E-state index in [1.54, 1.807) is 56.2 Å². The first kappa shape index (κ1) is 26.5. The zero-order chi connectivity index (χ0) is 27.9. The first-order chi connectivity index (χ1) is 18.6. The smallest absolute Gasteiger partial charge is 0.387 e. The molecule has 1 saturated carbocycles. The van der Waals surface area contributed by atoms with Crippen molar-refractivity contribution in [3.8, 4) is 22.9 Å². The van der Waals surface area contributed by atoms with Crippen molar-refractivity contribution in [3.05, 3.63) is 76.1 Å². The second-order valence-corrected chi connectivity index (χ2v) is 10.5. The first-order valence-corrected chi connectivity index (χ1v) is 12.8. The van der Waals surface area contributed by atoms with E-state index in [2.05, 4.69) is 16.0 Å². The Morgan fingerprint density at radius 3 is 2.56 bits per heavy atom. The monoisotopic (exact) mass is 533 g/mol. The molecule has 4 aromatic rings. The van der Waals surface area contributed by atoms with E-state index < -0.39 is 12.2 Å². The van der Waals surface area contributed by atoms with Gasteiger partial charge in [-0.1, -0.05) is 18.6 Å². The van der Waals surface area contributed by atoms with Crippen LogP contribution in [-0.4, -0.2) is 31.0 Å². The van der Waals surface area contributed by atoms with Crippen LogP contribution in [0.1, 0.15) is 56.0 Å². The molecule has 0 saturated heterocycles. The summed E-state index contributed by atoms with van der Waals surface area (Å²) in [7, 11) is 1.63. The summed E-state index contributed by atoms with van der Waals surface area (Å²) in [5, 5.41) is 20.2. The first-order valence-electron chi connectivity index (χ1n) is 12.8. The van der Waals surface area contributed by atoms with Gasteiger partial charge in [-0.15, -0.1) is 0 Å². The Balaban J connectivity index is 1.58. The molecule has 0 amide bonds. The van der Waals surface area contributed by atoms with Crippen LogP contribution in [0, 0.1) is 17.2 Å². The Hall–Kier alpha value is -4.10. The second-order valence-electron chi connectivity index (χ2n) is 10.5. The number of halogens is 2. The summed E-state index contributed by atoms with van der Waals surface area (Å²) in [6.45, 7) is 0.305. The van der Waals surface area contributed by atoms with E-state index in [9.17, 15) is 23.9 Å². The molecule has 2 heterocycles. The van der Waals surface area contributed by atoms with Crippen LogP contribution in [-0.2, 0) is 19.2 Å². The summed E-state index contributed by atoms with van der Waals surface area (Å²) in [6, 6.07) is 12.8. The summed E-state index contributed by atoms with van der Waals surface area (Å²) in [6.07, 6.45) is 5.82. The van der Waals surface area contributed by atoms with E-state index in [0.717, 1.165) is 30.4 Å². The summed E-state index contributed by atoms with van der Waals surface area (Å²) in [5.41, 5.74) is 2.05. The van der Waals surface area contributed by atoms with Crippen LogP contribution >= 0.6 is 0 Å². The van der Waals surface area contributed by atoms with Crippen LogP contribution in [0.2, 0.25) is 0 Å². The third-order valence-electron chi connectivity index (χ3n) is 7.43. The van der Waals surface area contributed by atoms with Gasteiger partial charge in [0.1, 0.15) is 11.4 Å². The second kappa shape index (κ2) is 10.2. The molecule has 10 heteroatoms. The Morgan fingerprint density at radius 1 is 1.15 bits per heavy atom. The number of aromatic nitrogens is 4. The zero-order valence-electron chi connectivity index (χ0n) is 21.9. The van der Waals surface area contributed by atoms with Crippen LogP contribution < -0.4 is 10.3 Å². The van der Waals surface area contributed by atoms with E-state index >= 15 is 0 Å². The average Bonchev–Trinajstić information content (AvgIpc) is 3.48. The summed E-state index contributed by atoms with van der Waals surface area (Å²) < 4.78 is 34.6. The number of benzene rings is 2. The van der Waals surface area contributed by atoms with Gasteiger partial charge in [-0.25, -0.2) is 9.97 Å². The fraction of sp³-hybridized carbons (Fsp3) is 0.379. The fourth-order valence-electron chi connectivity index (χ4n) is 5.37. The largest absolute Gasteiger partial charge is 0.434 e. The molecule has 1 fully saturated rings. The Bertz CT molecular complexity index is 1610. The predicted molar refractivity (Wildman–Crippen MR) is 141 cm³/mol. The van der Waals surface area contributed by atoms with Crippen molar-refractivity contribution >= 4 is 10.9 Å². The quantitative estimate of drug-likeness (QED) is 0.355. The Kier molecular flexibility index (Phi) is 6.95. The highest BCUT2D eigenvalue weighted by Gasteiger charge is 2.29. The van der Waals surface area contributed by atoms with Gasteiger partial charge in [0.2, 0.25) is 0 Å².